The molecule has 0 atom stereocenters. The Kier molecular flexibility index (Phi) is 5.73. The topological polar surface area (TPSA) is 20.3 Å². The smallest absolute Gasteiger partial charge is 0.255 e. The lowest BCUT2D eigenvalue weighted by Crippen LogP contribution is -2.46. The van der Waals surface area contributed by atoms with Crippen LogP contribution in [-0.4, -0.2) is 36.2 Å². The third-order valence-corrected chi connectivity index (χ3v) is 3.20. The first-order chi connectivity index (χ1) is 8.89. The summed E-state index contributed by atoms with van der Waals surface area (Å²) in [6, 6.07) is 9.13. The molecular formula is C14H18ClF2NO. The number of halogens is 3. The van der Waals surface area contributed by atoms with E-state index in [1.165, 1.54) is 0 Å². The number of hydrogen-bond donors (Lipinski definition) is 0. The molecule has 0 bridgehead atoms. The second-order valence-electron chi connectivity index (χ2n) is 4.82. The number of nitrogens with zero attached hydrogens (tertiary/aromatic N) is 1. The first-order valence-corrected chi connectivity index (χ1v) is 6.62. The lowest BCUT2D eigenvalue weighted by molar-refractivity contribution is -0.138. The van der Waals surface area contributed by atoms with Crippen molar-refractivity contribution in [1.29, 1.82) is 0 Å². The van der Waals surface area contributed by atoms with Crippen LogP contribution in [0.25, 0.3) is 0 Å². The molecule has 0 saturated carbocycles. The highest BCUT2D eigenvalue weighted by Gasteiger charge is 2.34. The zero-order chi connectivity index (χ0) is 14.5. The van der Waals surface area contributed by atoms with E-state index in [0.717, 1.165) is 10.5 Å². The molecule has 0 aliphatic heterocycles. The Morgan fingerprint density at radius 3 is 2.37 bits per heavy atom. The minimum Gasteiger partial charge on any atom is -0.335 e. The maximum Gasteiger partial charge on any atom is 0.255 e. The fourth-order valence-electron chi connectivity index (χ4n) is 1.92. The Morgan fingerprint density at radius 1 is 1.32 bits per heavy atom. The van der Waals surface area contributed by atoms with Gasteiger partial charge < -0.3 is 4.90 Å². The summed E-state index contributed by atoms with van der Waals surface area (Å²) in [5.74, 6) is -0.191. The highest BCUT2D eigenvalue weighted by molar-refractivity contribution is 6.18. The minimum absolute atomic E-state index is 0.126. The molecule has 0 spiro atoms. The van der Waals surface area contributed by atoms with Gasteiger partial charge in [-0.25, -0.2) is 8.78 Å². The molecule has 0 radical (unpaired) electrons. The van der Waals surface area contributed by atoms with Crippen LogP contribution in [0.2, 0.25) is 0 Å². The summed E-state index contributed by atoms with van der Waals surface area (Å²) in [6.07, 6.45) is -2.56. The summed E-state index contributed by atoms with van der Waals surface area (Å²) in [5.41, 5.74) is -0.0452. The standard InChI is InChI=1S/C14H18ClF2NO/c1-14(2,11-6-4-3-5-7-11)13(19)18(9-8-15)10-12(16)17/h3-7,12H,8-10H2,1-2H3. The normalized spacial score (nSPS) is 11.7. The second kappa shape index (κ2) is 6.85. The first kappa shape index (κ1) is 15.9. The second-order valence-corrected chi connectivity index (χ2v) is 5.20. The van der Waals surface area contributed by atoms with Gasteiger partial charge in [0.15, 0.2) is 0 Å². The van der Waals surface area contributed by atoms with Crippen LogP contribution in [0.1, 0.15) is 19.4 Å². The fraction of sp³-hybridized carbons (Fsp3) is 0.500. The van der Waals surface area contributed by atoms with Crippen molar-refractivity contribution in [2.24, 2.45) is 0 Å². The highest BCUT2D eigenvalue weighted by atomic mass is 35.5. The molecule has 1 amide bonds. The lowest BCUT2D eigenvalue weighted by Gasteiger charge is -2.31. The molecule has 0 heterocycles. The number of hydrogen-bond acceptors (Lipinski definition) is 1. The van der Waals surface area contributed by atoms with Crippen molar-refractivity contribution in [2.45, 2.75) is 25.7 Å². The van der Waals surface area contributed by atoms with Crippen LogP contribution in [-0.2, 0) is 10.2 Å². The van der Waals surface area contributed by atoms with Crippen molar-refractivity contribution >= 4 is 17.5 Å². The molecule has 5 heteroatoms. The zero-order valence-electron chi connectivity index (χ0n) is 11.1. The fourth-order valence-corrected chi connectivity index (χ4v) is 2.12. The Morgan fingerprint density at radius 2 is 1.89 bits per heavy atom. The van der Waals surface area contributed by atoms with Crippen LogP contribution in [0, 0.1) is 0 Å². The number of alkyl halides is 3. The third-order valence-electron chi connectivity index (χ3n) is 3.03. The van der Waals surface area contributed by atoms with Crippen molar-refractivity contribution in [3.63, 3.8) is 0 Å². The molecule has 2 nitrogen and oxygen atoms in total. The number of rotatable bonds is 6. The van der Waals surface area contributed by atoms with Crippen LogP contribution in [0.5, 0.6) is 0 Å². The monoisotopic (exact) mass is 289 g/mol. The summed E-state index contributed by atoms with van der Waals surface area (Å²) >= 11 is 5.58. The van der Waals surface area contributed by atoms with E-state index in [0.29, 0.717) is 0 Å². The van der Waals surface area contributed by atoms with Crippen LogP contribution in [0.15, 0.2) is 30.3 Å². The van der Waals surface area contributed by atoms with Gasteiger partial charge in [-0.3, -0.25) is 4.79 Å². The summed E-state index contributed by atoms with van der Waals surface area (Å²) in [4.78, 5) is 13.6. The minimum atomic E-state index is -2.56. The van der Waals surface area contributed by atoms with E-state index in [-0.39, 0.29) is 18.3 Å². The molecule has 0 fully saturated rings. The van der Waals surface area contributed by atoms with Gasteiger partial charge in [0.2, 0.25) is 5.91 Å². The molecule has 0 saturated heterocycles. The van der Waals surface area contributed by atoms with Gasteiger partial charge in [-0.1, -0.05) is 30.3 Å². The molecule has 1 aromatic rings. The Bertz CT molecular complexity index is 409. The van der Waals surface area contributed by atoms with E-state index in [1.54, 1.807) is 13.8 Å². The van der Waals surface area contributed by atoms with Crippen LogP contribution < -0.4 is 0 Å². The summed E-state index contributed by atoms with van der Waals surface area (Å²) in [6.45, 7) is 3.01. The van der Waals surface area contributed by atoms with Gasteiger partial charge >= 0.3 is 0 Å². The molecule has 0 N–H and O–H groups in total. The van der Waals surface area contributed by atoms with E-state index in [4.69, 9.17) is 11.6 Å². The van der Waals surface area contributed by atoms with Gasteiger partial charge in [-0.2, -0.15) is 0 Å². The van der Waals surface area contributed by atoms with Gasteiger partial charge in [0.1, 0.15) is 0 Å². The Hall–Kier alpha value is -1.16. The van der Waals surface area contributed by atoms with Crippen molar-refractivity contribution < 1.29 is 13.6 Å². The Balaban J connectivity index is 2.94. The molecule has 19 heavy (non-hydrogen) atoms. The maximum atomic E-state index is 12.5. The Labute approximate surface area is 117 Å². The van der Waals surface area contributed by atoms with Crippen molar-refractivity contribution in [2.75, 3.05) is 19.0 Å². The number of benzene rings is 1. The van der Waals surface area contributed by atoms with E-state index in [1.807, 2.05) is 30.3 Å². The molecule has 0 aromatic heterocycles. The van der Waals surface area contributed by atoms with E-state index >= 15 is 0 Å². The third kappa shape index (κ3) is 4.16. The van der Waals surface area contributed by atoms with Crippen LogP contribution >= 0.6 is 11.6 Å². The molecule has 1 aromatic carbocycles. The highest BCUT2D eigenvalue weighted by Crippen LogP contribution is 2.25. The molecule has 106 valence electrons. The van der Waals surface area contributed by atoms with E-state index in [9.17, 15) is 13.6 Å². The van der Waals surface area contributed by atoms with Gasteiger partial charge in [0, 0.05) is 12.4 Å². The predicted octanol–water partition coefficient (Wildman–Crippen LogP) is 3.30. The van der Waals surface area contributed by atoms with Crippen molar-refractivity contribution in [1.82, 2.24) is 4.90 Å². The zero-order valence-corrected chi connectivity index (χ0v) is 11.8. The van der Waals surface area contributed by atoms with Crippen molar-refractivity contribution in [3.8, 4) is 0 Å². The van der Waals surface area contributed by atoms with Crippen LogP contribution in [0.3, 0.4) is 0 Å². The molecule has 1 rings (SSSR count). The van der Waals surface area contributed by atoms with Gasteiger partial charge in [0.05, 0.1) is 12.0 Å². The largest absolute Gasteiger partial charge is 0.335 e. The number of amides is 1. The molecule has 0 aliphatic rings. The summed E-state index contributed by atoms with van der Waals surface area (Å²) in [5, 5.41) is 0. The van der Waals surface area contributed by atoms with Gasteiger partial charge in [-0.15, -0.1) is 11.6 Å². The predicted molar refractivity (Wildman–Crippen MR) is 72.8 cm³/mol. The van der Waals surface area contributed by atoms with Gasteiger partial charge in [-0.05, 0) is 19.4 Å². The van der Waals surface area contributed by atoms with Gasteiger partial charge in [0.25, 0.3) is 6.43 Å². The lowest BCUT2D eigenvalue weighted by atomic mass is 9.83. The average Bonchev–Trinajstić information content (AvgIpc) is 2.38. The molecule has 0 unspecified atom stereocenters. The van der Waals surface area contributed by atoms with E-state index in [2.05, 4.69) is 0 Å². The SMILES string of the molecule is CC(C)(C(=O)N(CCCl)CC(F)F)c1ccccc1. The number of carbonyl (C=O) groups is 1. The molecule has 0 aliphatic carbocycles. The maximum absolute atomic E-state index is 12.5. The average molecular weight is 290 g/mol. The van der Waals surface area contributed by atoms with E-state index < -0.39 is 18.4 Å². The quantitative estimate of drug-likeness (QED) is 0.736. The van der Waals surface area contributed by atoms with Crippen LogP contribution in [0.4, 0.5) is 8.78 Å². The summed E-state index contributed by atoms with van der Waals surface area (Å²) in [7, 11) is 0. The number of carbonyl (C=O) groups excluding carboxylic acids is 1. The first-order valence-electron chi connectivity index (χ1n) is 6.08. The van der Waals surface area contributed by atoms with Crippen molar-refractivity contribution in [3.05, 3.63) is 35.9 Å². The summed E-state index contributed by atoms with van der Waals surface area (Å²) < 4.78 is 25.0. The molecular weight excluding hydrogens is 272 g/mol.